The average molecular weight is 490 g/mol. The Balaban J connectivity index is 1.65. The molecule has 3 heterocycles. The van der Waals surface area contributed by atoms with Gasteiger partial charge < -0.3 is 9.15 Å². The fourth-order valence-electron chi connectivity index (χ4n) is 4.01. The molecular formula is C26H20ClN3O5. The van der Waals surface area contributed by atoms with Crippen LogP contribution in [0.1, 0.15) is 29.7 Å². The lowest BCUT2D eigenvalue weighted by atomic mass is 10.00. The van der Waals surface area contributed by atoms with Crippen LogP contribution in [0.25, 0.3) is 33.8 Å². The zero-order chi connectivity index (χ0) is 24.7. The molecule has 35 heavy (non-hydrogen) atoms. The van der Waals surface area contributed by atoms with Crippen molar-refractivity contribution in [2.45, 2.75) is 26.9 Å². The fourth-order valence-corrected chi connectivity index (χ4v) is 4.16. The van der Waals surface area contributed by atoms with Crippen molar-refractivity contribution < 1.29 is 13.7 Å². The number of benzene rings is 2. The molecule has 8 nitrogen and oxygen atoms in total. The highest BCUT2D eigenvalue weighted by Gasteiger charge is 2.22. The standard InChI is InChI=1S/C26H20ClN3O5/c1-13-11-17(15(3)33-19-9-10-20(27)28-21(19)25-29-26(32)35-30-25)24-18(12-13)22(31)14(2)23(34-24)16-7-5-4-6-8-16/h4-12,15H,1-3H3,(H,29,30,32). The third kappa shape index (κ3) is 4.24. The number of ether oxygens (including phenoxy) is 1. The maximum absolute atomic E-state index is 13.3. The second-order valence-corrected chi connectivity index (χ2v) is 8.55. The van der Waals surface area contributed by atoms with Gasteiger partial charge in [-0.15, -0.1) is 0 Å². The van der Waals surface area contributed by atoms with Crippen molar-refractivity contribution in [3.8, 4) is 28.6 Å². The number of nitrogens with one attached hydrogen (secondary N) is 1. The molecule has 0 aliphatic rings. The van der Waals surface area contributed by atoms with E-state index in [1.807, 2.05) is 56.3 Å². The zero-order valence-electron chi connectivity index (χ0n) is 19.1. The number of hydrogen-bond donors (Lipinski definition) is 1. The molecule has 0 radical (unpaired) electrons. The third-order valence-corrected chi connectivity index (χ3v) is 5.87. The molecule has 176 valence electrons. The summed E-state index contributed by atoms with van der Waals surface area (Å²) in [5.74, 6) is 0.187. The first-order chi connectivity index (χ1) is 16.8. The Morgan fingerprint density at radius 3 is 2.54 bits per heavy atom. The van der Waals surface area contributed by atoms with Crippen molar-refractivity contribution in [3.63, 3.8) is 0 Å². The molecule has 0 fully saturated rings. The van der Waals surface area contributed by atoms with E-state index in [0.29, 0.717) is 33.6 Å². The molecule has 0 aliphatic heterocycles. The fraction of sp³-hybridized carbons (Fsp3) is 0.154. The minimum absolute atomic E-state index is 0.0855. The molecule has 1 unspecified atom stereocenters. The predicted molar refractivity (Wildman–Crippen MR) is 132 cm³/mol. The lowest BCUT2D eigenvalue weighted by Gasteiger charge is -2.19. The van der Waals surface area contributed by atoms with E-state index in [1.54, 1.807) is 19.1 Å². The molecule has 3 aromatic heterocycles. The van der Waals surface area contributed by atoms with E-state index in [0.717, 1.165) is 11.1 Å². The van der Waals surface area contributed by atoms with Gasteiger partial charge in [-0.1, -0.05) is 47.1 Å². The first-order valence-electron chi connectivity index (χ1n) is 10.8. The molecule has 0 amide bonds. The van der Waals surface area contributed by atoms with E-state index in [9.17, 15) is 9.59 Å². The second kappa shape index (κ2) is 8.88. The number of aromatic amines is 1. The molecule has 0 saturated heterocycles. The lowest BCUT2D eigenvalue weighted by Crippen LogP contribution is -2.11. The number of halogens is 1. The Morgan fingerprint density at radius 1 is 1.06 bits per heavy atom. The van der Waals surface area contributed by atoms with Gasteiger partial charge in [-0.2, -0.15) is 0 Å². The smallest absolute Gasteiger partial charge is 0.439 e. The molecule has 0 saturated carbocycles. The van der Waals surface area contributed by atoms with Crippen LogP contribution < -0.4 is 15.9 Å². The molecule has 2 aromatic carbocycles. The van der Waals surface area contributed by atoms with Crippen LogP contribution in [0.5, 0.6) is 5.75 Å². The molecule has 5 aromatic rings. The summed E-state index contributed by atoms with van der Waals surface area (Å²) in [7, 11) is 0. The highest BCUT2D eigenvalue weighted by atomic mass is 35.5. The highest BCUT2D eigenvalue weighted by Crippen LogP contribution is 2.35. The van der Waals surface area contributed by atoms with Gasteiger partial charge in [0.15, 0.2) is 11.1 Å². The Kier molecular flexibility index (Phi) is 5.74. The van der Waals surface area contributed by atoms with Crippen molar-refractivity contribution >= 4 is 22.6 Å². The Morgan fingerprint density at radius 2 is 1.83 bits per heavy atom. The molecule has 0 aliphatic carbocycles. The van der Waals surface area contributed by atoms with Crippen LogP contribution in [0.4, 0.5) is 0 Å². The number of pyridine rings is 1. The van der Waals surface area contributed by atoms with Gasteiger partial charge in [0.05, 0.1) is 5.39 Å². The monoisotopic (exact) mass is 489 g/mol. The van der Waals surface area contributed by atoms with Gasteiger partial charge in [-0.05, 0) is 50.6 Å². The maximum atomic E-state index is 13.3. The number of aryl methyl sites for hydroxylation is 1. The van der Waals surface area contributed by atoms with Crippen LogP contribution in [0.15, 0.2) is 73.1 Å². The third-order valence-electron chi connectivity index (χ3n) is 5.66. The van der Waals surface area contributed by atoms with E-state index < -0.39 is 11.9 Å². The minimum Gasteiger partial charge on any atom is -0.483 e. The topological polar surface area (TPSA) is 111 Å². The first kappa shape index (κ1) is 22.6. The normalized spacial score (nSPS) is 12.1. The summed E-state index contributed by atoms with van der Waals surface area (Å²) in [6, 6.07) is 16.4. The van der Waals surface area contributed by atoms with E-state index in [-0.39, 0.29) is 22.1 Å². The summed E-state index contributed by atoms with van der Waals surface area (Å²) in [4.78, 5) is 31.5. The van der Waals surface area contributed by atoms with Crippen LogP contribution in [0.2, 0.25) is 5.15 Å². The Bertz CT molecular complexity index is 1670. The van der Waals surface area contributed by atoms with E-state index >= 15 is 0 Å². The molecular weight excluding hydrogens is 470 g/mol. The number of nitrogens with zero attached hydrogens (tertiary/aromatic N) is 2. The zero-order valence-corrected chi connectivity index (χ0v) is 19.8. The summed E-state index contributed by atoms with van der Waals surface area (Å²) in [5.41, 5.74) is 3.47. The minimum atomic E-state index is -0.726. The summed E-state index contributed by atoms with van der Waals surface area (Å²) in [6.07, 6.45) is -0.563. The number of hydrogen-bond acceptors (Lipinski definition) is 7. The molecule has 0 spiro atoms. The summed E-state index contributed by atoms with van der Waals surface area (Å²) < 4.78 is 17.2. The molecule has 9 heteroatoms. The highest BCUT2D eigenvalue weighted by molar-refractivity contribution is 6.29. The molecule has 1 atom stereocenters. The first-order valence-corrected chi connectivity index (χ1v) is 11.2. The van der Waals surface area contributed by atoms with Crippen molar-refractivity contribution in [1.29, 1.82) is 0 Å². The maximum Gasteiger partial charge on any atom is 0.439 e. The average Bonchev–Trinajstić information content (AvgIpc) is 3.29. The Hall–Kier alpha value is -4.17. The van der Waals surface area contributed by atoms with Crippen molar-refractivity contribution in [1.82, 2.24) is 15.1 Å². The van der Waals surface area contributed by atoms with Gasteiger partial charge in [-0.25, -0.2) is 9.78 Å². The lowest BCUT2D eigenvalue weighted by molar-refractivity contribution is 0.227. The van der Waals surface area contributed by atoms with Gasteiger partial charge in [-0.3, -0.25) is 14.3 Å². The van der Waals surface area contributed by atoms with Crippen LogP contribution >= 0.6 is 11.6 Å². The van der Waals surface area contributed by atoms with Gasteiger partial charge in [0.2, 0.25) is 5.82 Å². The Labute approximate surface area is 204 Å². The quantitative estimate of drug-likeness (QED) is 0.319. The molecule has 5 rings (SSSR count). The summed E-state index contributed by atoms with van der Waals surface area (Å²) in [6.45, 7) is 5.50. The summed E-state index contributed by atoms with van der Waals surface area (Å²) in [5, 5.41) is 4.36. The van der Waals surface area contributed by atoms with Crippen LogP contribution in [0, 0.1) is 13.8 Å². The van der Waals surface area contributed by atoms with Gasteiger partial charge in [0.1, 0.15) is 28.3 Å². The van der Waals surface area contributed by atoms with E-state index in [1.165, 1.54) is 0 Å². The predicted octanol–water partition coefficient (Wildman–Crippen LogP) is 5.61. The van der Waals surface area contributed by atoms with E-state index in [4.69, 9.17) is 20.8 Å². The van der Waals surface area contributed by atoms with Crippen LogP contribution in [-0.2, 0) is 0 Å². The van der Waals surface area contributed by atoms with Crippen LogP contribution in [0.3, 0.4) is 0 Å². The van der Waals surface area contributed by atoms with Gasteiger partial charge in [0.25, 0.3) is 0 Å². The molecule has 0 bridgehead atoms. The van der Waals surface area contributed by atoms with Gasteiger partial charge in [0, 0.05) is 16.7 Å². The largest absolute Gasteiger partial charge is 0.483 e. The van der Waals surface area contributed by atoms with Crippen molar-refractivity contribution in [2.24, 2.45) is 0 Å². The number of aromatic nitrogens is 3. The van der Waals surface area contributed by atoms with Crippen LogP contribution in [-0.4, -0.2) is 15.1 Å². The number of rotatable bonds is 5. The number of fused-ring (bicyclic) bond motifs is 1. The summed E-state index contributed by atoms with van der Waals surface area (Å²) >= 11 is 6.07. The van der Waals surface area contributed by atoms with Crippen molar-refractivity contribution in [2.75, 3.05) is 0 Å². The van der Waals surface area contributed by atoms with E-state index in [2.05, 4.69) is 19.6 Å². The molecule has 1 N–H and O–H groups in total. The SMILES string of the molecule is Cc1cc(C(C)Oc2ccc(Cl)nc2-c2noc(=O)[nH]2)c2oc(-c3ccccc3)c(C)c(=O)c2c1. The van der Waals surface area contributed by atoms with Gasteiger partial charge >= 0.3 is 5.76 Å². The van der Waals surface area contributed by atoms with Crippen molar-refractivity contribution in [3.05, 3.63) is 97.2 Å². The number of H-pyrrole nitrogens is 1. The second-order valence-electron chi connectivity index (χ2n) is 8.17.